The van der Waals surface area contributed by atoms with Crippen molar-refractivity contribution < 1.29 is 19.0 Å². The molecule has 3 aromatic rings. The van der Waals surface area contributed by atoms with Crippen LogP contribution in [0.5, 0.6) is 11.5 Å². The summed E-state index contributed by atoms with van der Waals surface area (Å²) in [6.07, 6.45) is 3.27. The number of carbonyl (C=O) groups is 1. The number of unbranched alkanes of at least 4 members (excludes halogenated alkanes) is 1. The summed E-state index contributed by atoms with van der Waals surface area (Å²) in [6, 6.07) is 25.6. The molecule has 1 aliphatic heterocycles. The molecule has 32 heavy (non-hydrogen) atoms. The standard InChI is InChI=1S/C27H29NO4/c29-27(28-18-22-10-6-11-25(17-22)32-26-19-30-20-26)23-12-14-24(15-13-23)31-16-5-4-9-21-7-2-1-3-8-21/h1-3,6-8,10-15,17,26H,4-5,9,16,18-20H2,(H,28,29). The topological polar surface area (TPSA) is 56.8 Å². The fraction of sp³-hybridized carbons (Fsp3) is 0.296. The molecule has 0 saturated carbocycles. The van der Waals surface area contributed by atoms with Gasteiger partial charge < -0.3 is 19.5 Å². The van der Waals surface area contributed by atoms with Gasteiger partial charge in [-0.25, -0.2) is 0 Å². The molecule has 1 aliphatic rings. The lowest BCUT2D eigenvalue weighted by atomic mass is 10.1. The van der Waals surface area contributed by atoms with E-state index in [1.165, 1.54) is 5.56 Å². The number of benzene rings is 3. The molecule has 1 saturated heterocycles. The summed E-state index contributed by atoms with van der Waals surface area (Å²) in [6.45, 7) is 2.38. The third-order valence-corrected chi connectivity index (χ3v) is 5.35. The molecule has 0 spiro atoms. The second-order valence-corrected chi connectivity index (χ2v) is 7.92. The zero-order chi connectivity index (χ0) is 22.0. The highest BCUT2D eigenvalue weighted by Crippen LogP contribution is 2.18. The quantitative estimate of drug-likeness (QED) is 0.443. The summed E-state index contributed by atoms with van der Waals surface area (Å²) in [5, 5.41) is 2.96. The molecule has 166 valence electrons. The number of ether oxygens (including phenoxy) is 3. The molecular formula is C27H29NO4. The van der Waals surface area contributed by atoms with Crippen LogP contribution in [0.25, 0.3) is 0 Å². The number of aryl methyl sites for hydroxylation is 1. The van der Waals surface area contributed by atoms with Crippen LogP contribution in [0.1, 0.15) is 34.3 Å². The predicted molar refractivity (Wildman–Crippen MR) is 124 cm³/mol. The maximum Gasteiger partial charge on any atom is 0.251 e. The minimum atomic E-state index is -0.113. The van der Waals surface area contributed by atoms with Gasteiger partial charge >= 0.3 is 0 Å². The minimum absolute atomic E-state index is 0.113. The maximum atomic E-state index is 12.5. The molecule has 1 fully saturated rings. The van der Waals surface area contributed by atoms with Crippen molar-refractivity contribution in [1.29, 1.82) is 0 Å². The van der Waals surface area contributed by atoms with Gasteiger partial charge in [-0.1, -0.05) is 42.5 Å². The third kappa shape index (κ3) is 6.59. The first kappa shape index (κ1) is 21.9. The van der Waals surface area contributed by atoms with Gasteiger partial charge in [0, 0.05) is 12.1 Å². The smallest absolute Gasteiger partial charge is 0.251 e. The van der Waals surface area contributed by atoms with Crippen LogP contribution in [0.15, 0.2) is 78.9 Å². The largest absolute Gasteiger partial charge is 0.494 e. The Labute approximate surface area is 189 Å². The van der Waals surface area contributed by atoms with Gasteiger partial charge in [0.05, 0.1) is 19.8 Å². The van der Waals surface area contributed by atoms with Gasteiger partial charge in [-0.05, 0) is 66.8 Å². The Morgan fingerprint density at radius 1 is 0.875 bits per heavy atom. The van der Waals surface area contributed by atoms with Gasteiger partial charge in [0.2, 0.25) is 0 Å². The Morgan fingerprint density at radius 2 is 1.66 bits per heavy atom. The summed E-state index contributed by atoms with van der Waals surface area (Å²) in [7, 11) is 0. The van der Waals surface area contributed by atoms with Crippen molar-refractivity contribution in [1.82, 2.24) is 5.32 Å². The van der Waals surface area contributed by atoms with E-state index in [2.05, 4.69) is 29.6 Å². The Hall–Kier alpha value is -3.31. The molecule has 5 heteroatoms. The molecule has 0 radical (unpaired) electrons. The highest BCUT2D eigenvalue weighted by Gasteiger charge is 2.20. The average molecular weight is 432 g/mol. The van der Waals surface area contributed by atoms with E-state index in [-0.39, 0.29) is 12.0 Å². The molecule has 0 aliphatic carbocycles. The van der Waals surface area contributed by atoms with Crippen molar-refractivity contribution in [2.45, 2.75) is 31.9 Å². The highest BCUT2D eigenvalue weighted by molar-refractivity contribution is 5.94. The zero-order valence-electron chi connectivity index (χ0n) is 18.2. The van der Waals surface area contributed by atoms with Crippen LogP contribution < -0.4 is 14.8 Å². The Morgan fingerprint density at radius 3 is 2.41 bits per heavy atom. The van der Waals surface area contributed by atoms with Crippen LogP contribution in [-0.4, -0.2) is 31.8 Å². The van der Waals surface area contributed by atoms with Gasteiger partial charge in [-0.2, -0.15) is 0 Å². The summed E-state index contributed by atoms with van der Waals surface area (Å²) >= 11 is 0. The molecule has 5 nitrogen and oxygen atoms in total. The van der Waals surface area contributed by atoms with Crippen molar-refractivity contribution in [3.05, 3.63) is 95.6 Å². The number of hydrogen-bond donors (Lipinski definition) is 1. The normalized spacial score (nSPS) is 13.2. The molecule has 1 heterocycles. The lowest BCUT2D eigenvalue weighted by Gasteiger charge is -2.26. The summed E-state index contributed by atoms with van der Waals surface area (Å²) in [5.74, 6) is 1.47. The Kier molecular flexibility index (Phi) is 7.77. The number of hydrogen-bond acceptors (Lipinski definition) is 4. The molecule has 4 rings (SSSR count). The first-order chi connectivity index (χ1) is 15.8. The van der Waals surface area contributed by atoms with Gasteiger partial charge in [0.25, 0.3) is 5.91 Å². The summed E-state index contributed by atoms with van der Waals surface area (Å²) in [5.41, 5.74) is 2.96. The maximum absolute atomic E-state index is 12.5. The monoisotopic (exact) mass is 431 g/mol. The van der Waals surface area contributed by atoms with Gasteiger partial charge in [0.1, 0.15) is 17.6 Å². The van der Waals surface area contributed by atoms with Crippen LogP contribution in [0.2, 0.25) is 0 Å². The molecule has 0 unspecified atom stereocenters. The van der Waals surface area contributed by atoms with Crippen molar-refractivity contribution in [2.24, 2.45) is 0 Å². The number of nitrogens with one attached hydrogen (secondary N) is 1. The lowest BCUT2D eigenvalue weighted by Crippen LogP contribution is -2.38. The number of amides is 1. The summed E-state index contributed by atoms with van der Waals surface area (Å²) in [4.78, 5) is 12.5. The van der Waals surface area contributed by atoms with E-state index in [1.54, 1.807) is 12.1 Å². The number of carbonyl (C=O) groups excluding carboxylic acids is 1. The van der Waals surface area contributed by atoms with Crippen molar-refractivity contribution in [3.63, 3.8) is 0 Å². The fourth-order valence-electron chi connectivity index (χ4n) is 3.46. The first-order valence-corrected chi connectivity index (χ1v) is 11.1. The number of rotatable bonds is 11. The van der Waals surface area contributed by atoms with Crippen LogP contribution in [-0.2, 0) is 17.7 Å². The molecule has 0 atom stereocenters. The van der Waals surface area contributed by atoms with E-state index in [4.69, 9.17) is 14.2 Å². The Balaban J connectivity index is 1.17. The van der Waals surface area contributed by atoms with E-state index in [9.17, 15) is 4.79 Å². The molecular weight excluding hydrogens is 402 g/mol. The second kappa shape index (κ2) is 11.3. The van der Waals surface area contributed by atoms with Crippen LogP contribution in [0.3, 0.4) is 0 Å². The molecule has 0 aromatic heterocycles. The Bertz CT molecular complexity index is 984. The van der Waals surface area contributed by atoms with Crippen molar-refractivity contribution >= 4 is 5.91 Å². The second-order valence-electron chi connectivity index (χ2n) is 7.92. The van der Waals surface area contributed by atoms with E-state index >= 15 is 0 Å². The van der Waals surface area contributed by atoms with E-state index < -0.39 is 0 Å². The van der Waals surface area contributed by atoms with Crippen molar-refractivity contribution in [3.8, 4) is 11.5 Å². The molecule has 1 amide bonds. The van der Waals surface area contributed by atoms with Crippen molar-refractivity contribution in [2.75, 3.05) is 19.8 Å². The zero-order valence-corrected chi connectivity index (χ0v) is 18.2. The van der Waals surface area contributed by atoms with E-state index in [0.29, 0.717) is 31.9 Å². The van der Waals surface area contributed by atoms with E-state index in [0.717, 1.165) is 36.3 Å². The van der Waals surface area contributed by atoms with Crippen LogP contribution in [0, 0.1) is 0 Å². The fourth-order valence-corrected chi connectivity index (χ4v) is 3.46. The SMILES string of the molecule is O=C(NCc1cccc(OC2COC2)c1)c1ccc(OCCCCc2ccccc2)cc1. The van der Waals surface area contributed by atoms with Gasteiger partial charge in [0.15, 0.2) is 0 Å². The molecule has 1 N–H and O–H groups in total. The highest BCUT2D eigenvalue weighted by atomic mass is 16.6. The van der Waals surface area contributed by atoms with E-state index in [1.807, 2.05) is 42.5 Å². The van der Waals surface area contributed by atoms with Gasteiger partial charge in [-0.3, -0.25) is 4.79 Å². The van der Waals surface area contributed by atoms with Gasteiger partial charge in [-0.15, -0.1) is 0 Å². The third-order valence-electron chi connectivity index (χ3n) is 5.35. The first-order valence-electron chi connectivity index (χ1n) is 11.1. The molecule has 3 aromatic carbocycles. The minimum Gasteiger partial charge on any atom is -0.494 e. The van der Waals surface area contributed by atoms with Crippen LogP contribution in [0.4, 0.5) is 0 Å². The predicted octanol–water partition coefficient (Wildman–Crippen LogP) is 4.80. The average Bonchev–Trinajstić information content (AvgIpc) is 2.81. The summed E-state index contributed by atoms with van der Waals surface area (Å²) < 4.78 is 16.8. The molecule has 0 bridgehead atoms. The lowest BCUT2D eigenvalue weighted by molar-refractivity contribution is -0.0797. The van der Waals surface area contributed by atoms with Crippen LogP contribution >= 0.6 is 0 Å².